The number of nitrogens with one attached hydrogen (secondary N) is 2. The molecule has 0 bridgehead atoms. The van der Waals surface area contributed by atoms with Gasteiger partial charge in [0.2, 0.25) is 0 Å². The highest BCUT2D eigenvalue weighted by molar-refractivity contribution is 7.87. The number of benzene rings is 3. The molecule has 2 N–H and O–H groups in total. The molecule has 0 saturated carbocycles. The molecule has 0 aliphatic heterocycles. The molecule has 0 aliphatic carbocycles. The van der Waals surface area contributed by atoms with Crippen molar-refractivity contribution in [3.8, 4) is 5.75 Å². The van der Waals surface area contributed by atoms with E-state index >= 15 is 0 Å². The molecule has 144 valence electrons. The van der Waals surface area contributed by atoms with Crippen molar-refractivity contribution in [1.82, 2.24) is 0 Å². The first-order chi connectivity index (χ1) is 13.3. The Bertz CT molecular complexity index is 1110. The zero-order valence-corrected chi connectivity index (χ0v) is 16.3. The van der Waals surface area contributed by atoms with E-state index in [1.165, 1.54) is 18.2 Å². The Morgan fingerprint density at radius 3 is 2.18 bits per heavy atom. The third kappa shape index (κ3) is 4.69. The largest absolute Gasteiger partial charge is 0.377 e. The lowest BCUT2D eigenvalue weighted by atomic mass is 10.2. The standard InChI is InChI=1S/C21H20N2O4S/c1-15-8-7-10-17(14-15)28(25,26)27-20-13-6-5-12-19(20)23-21(24)22-18-11-4-3-9-16(18)2/h3-14H,1-2H3,(H2,22,23,24). The fourth-order valence-electron chi connectivity index (χ4n) is 2.57. The first-order valence-corrected chi connectivity index (χ1v) is 10.00. The van der Waals surface area contributed by atoms with Gasteiger partial charge in [-0.25, -0.2) is 4.79 Å². The maximum absolute atomic E-state index is 12.6. The van der Waals surface area contributed by atoms with Gasteiger partial charge in [-0.15, -0.1) is 0 Å². The zero-order valence-electron chi connectivity index (χ0n) is 15.5. The van der Waals surface area contributed by atoms with Crippen LogP contribution in [0.15, 0.2) is 77.7 Å². The number of carbonyl (C=O) groups is 1. The van der Waals surface area contributed by atoms with Crippen LogP contribution in [0.1, 0.15) is 11.1 Å². The number of rotatable bonds is 5. The van der Waals surface area contributed by atoms with Crippen LogP contribution in [0.3, 0.4) is 0 Å². The number of amides is 2. The van der Waals surface area contributed by atoms with E-state index in [1.54, 1.807) is 43.3 Å². The Hall–Kier alpha value is -3.32. The Morgan fingerprint density at radius 2 is 1.46 bits per heavy atom. The first kappa shape index (κ1) is 19.4. The second-order valence-corrected chi connectivity index (χ2v) is 7.79. The van der Waals surface area contributed by atoms with Crippen molar-refractivity contribution < 1.29 is 17.4 Å². The van der Waals surface area contributed by atoms with E-state index in [2.05, 4.69) is 10.6 Å². The van der Waals surface area contributed by atoms with E-state index in [9.17, 15) is 13.2 Å². The summed E-state index contributed by atoms with van der Waals surface area (Å²) in [6, 6.07) is 19.6. The third-order valence-corrected chi connectivity index (χ3v) is 5.24. The molecule has 0 heterocycles. The van der Waals surface area contributed by atoms with E-state index in [4.69, 9.17) is 4.18 Å². The Kier molecular flexibility index (Phi) is 5.65. The molecule has 2 amide bonds. The molecule has 6 nitrogen and oxygen atoms in total. The van der Waals surface area contributed by atoms with Crippen molar-refractivity contribution in [3.05, 3.63) is 83.9 Å². The number of carbonyl (C=O) groups excluding carboxylic acids is 1. The Balaban J connectivity index is 1.80. The van der Waals surface area contributed by atoms with E-state index in [0.717, 1.165) is 11.1 Å². The van der Waals surface area contributed by atoms with Crippen molar-refractivity contribution in [3.63, 3.8) is 0 Å². The van der Waals surface area contributed by atoms with Crippen LogP contribution in [0.4, 0.5) is 16.2 Å². The maximum atomic E-state index is 12.6. The van der Waals surface area contributed by atoms with E-state index in [-0.39, 0.29) is 16.3 Å². The van der Waals surface area contributed by atoms with Gasteiger partial charge in [0, 0.05) is 5.69 Å². The summed E-state index contributed by atoms with van der Waals surface area (Å²) in [7, 11) is -4.03. The summed E-state index contributed by atoms with van der Waals surface area (Å²) in [5, 5.41) is 5.37. The molecule has 3 aromatic carbocycles. The molecule has 3 rings (SSSR count). The second kappa shape index (κ2) is 8.14. The molecule has 3 aromatic rings. The van der Waals surface area contributed by atoms with Crippen LogP contribution < -0.4 is 14.8 Å². The molecular weight excluding hydrogens is 376 g/mol. The Morgan fingerprint density at radius 1 is 0.821 bits per heavy atom. The van der Waals surface area contributed by atoms with Crippen molar-refractivity contribution >= 4 is 27.5 Å². The Labute approximate surface area is 164 Å². The van der Waals surface area contributed by atoms with Gasteiger partial charge >= 0.3 is 16.1 Å². The lowest BCUT2D eigenvalue weighted by Crippen LogP contribution is -2.21. The van der Waals surface area contributed by atoms with Crippen LogP contribution >= 0.6 is 0 Å². The van der Waals surface area contributed by atoms with Crippen LogP contribution in [-0.2, 0) is 10.1 Å². The topological polar surface area (TPSA) is 84.5 Å². The van der Waals surface area contributed by atoms with Crippen LogP contribution in [0.2, 0.25) is 0 Å². The lowest BCUT2D eigenvalue weighted by molar-refractivity contribution is 0.262. The van der Waals surface area contributed by atoms with Gasteiger partial charge in [-0.2, -0.15) is 8.42 Å². The minimum Gasteiger partial charge on any atom is -0.377 e. The predicted octanol–water partition coefficient (Wildman–Crippen LogP) is 4.72. The van der Waals surface area contributed by atoms with Gasteiger partial charge in [0.1, 0.15) is 4.90 Å². The molecule has 7 heteroatoms. The SMILES string of the molecule is Cc1cccc(S(=O)(=O)Oc2ccccc2NC(=O)Nc2ccccc2C)c1. The average molecular weight is 396 g/mol. The monoisotopic (exact) mass is 396 g/mol. The van der Waals surface area contributed by atoms with Crippen LogP contribution in [0.5, 0.6) is 5.75 Å². The first-order valence-electron chi connectivity index (χ1n) is 8.59. The van der Waals surface area contributed by atoms with Crippen LogP contribution in [-0.4, -0.2) is 14.4 Å². The highest BCUT2D eigenvalue weighted by atomic mass is 32.2. The molecular formula is C21H20N2O4S. The van der Waals surface area contributed by atoms with Gasteiger partial charge in [-0.3, -0.25) is 0 Å². The van der Waals surface area contributed by atoms with Crippen molar-refractivity contribution in [2.45, 2.75) is 18.7 Å². The van der Waals surface area contributed by atoms with Crippen LogP contribution in [0, 0.1) is 13.8 Å². The van der Waals surface area contributed by atoms with Gasteiger partial charge in [-0.1, -0.05) is 42.5 Å². The summed E-state index contributed by atoms with van der Waals surface area (Å²) in [6.07, 6.45) is 0. The summed E-state index contributed by atoms with van der Waals surface area (Å²) < 4.78 is 30.4. The highest BCUT2D eigenvalue weighted by Crippen LogP contribution is 2.28. The third-order valence-electron chi connectivity index (χ3n) is 4.01. The second-order valence-electron chi connectivity index (χ2n) is 6.24. The molecule has 0 fully saturated rings. The molecule has 0 spiro atoms. The van der Waals surface area contributed by atoms with Crippen molar-refractivity contribution in [2.75, 3.05) is 10.6 Å². The minimum absolute atomic E-state index is 0.0314. The van der Waals surface area contributed by atoms with Gasteiger partial charge in [0.25, 0.3) is 0 Å². The van der Waals surface area contributed by atoms with Gasteiger partial charge in [-0.05, 0) is 55.3 Å². The normalized spacial score (nSPS) is 10.9. The highest BCUT2D eigenvalue weighted by Gasteiger charge is 2.19. The number of hydrogen-bond acceptors (Lipinski definition) is 4. The fraction of sp³-hybridized carbons (Fsp3) is 0.0952. The summed E-state index contributed by atoms with van der Waals surface area (Å²) in [6.45, 7) is 3.67. The summed E-state index contributed by atoms with van der Waals surface area (Å²) >= 11 is 0. The summed E-state index contributed by atoms with van der Waals surface area (Å²) in [5.41, 5.74) is 2.61. The number of urea groups is 1. The van der Waals surface area contributed by atoms with E-state index in [0.29, 0.717) is 5.69 Å². The van der Waals surface area contributed by atoms with Gasteiger partial charge in [0.15, 0.2) is 5.75 Å². The molecule has 0 unspecified atom stereocenters. The fourth-order valence-corrected chi connectivity index (χ4v) is 3.62. The van der Waals surface area contributed by atoms with Gasteiger partial charge < -0.3 is 14.8 Å². The quantitative estimate of drug-likeness (QED) is 0.612. The molecule has 0 aromatic heterocycles. The smallest absolute Gasteiger partial charge is 0.339 e. The van der Waals surface area contributed by atoms with E-state index in [1.807, 2.05) is 25.1 Å². The van der Waals surface area contributed by atoms with Crippen molar-refractivity contribution in [2.24, 2.45) is 0 Å². The molecule has 0 saturated heterocycles. The number of hydrogen-bond donors (Lipinski definition) is 2. The predicted molar refractivity (Wildman–Crippen MR) is 109 cm³/mol. The van der Waals surface area contributed by atoms with Crippen molar-refractivity contribution in [1.29, 1.82) is 0 Å². The number of anilines is 2. The maximum Gasteiger partial charge on any atom is 0.339 e. The molecule has 0 atom stereocenters. The molecule has 0 aliphatic rings. The lowest BCUT2D eigenvalue weighted by Gasteiger charge is -2.14. The summed E-state index contributed by atoms with van der Waals surface area (Å²) in [4.78, 5) is 12.4. The molecule has 0 radical (unpaired) electrons. The minimum atomic E-state index is -4.03. The average Bonchev–Trinajstić information content (AvgIpc) is 2.65. The number of para-hydroxylation sites is 3. The zero-order chi connectivity index (χ0) is 20.1. The van der Waals surface area contributed by atoms with Gasteiger partial charge in [0.05, 0.1) is 5.69 Å². The summed E-state index contributed by atoms with van der Waals surface area (Å²) in [5.74, 6) is 0.0314. The number of aryl methyl sites for hydroxylation is 2. The van der Waals surface area contributed by atoms with E-state index < -0.39 is 16.1 Å². The van der Waals surface area contributed by atoms with Crippen LogP contribution in [0.25, 0.3) is 0 Å². The molecule has 28 heavy (non-hydrogen) atoms.